The fraction of sp³-hybridized carbons (Fsp3) is 0.588. The molecule has 0 amide bonds. The van der Waals surface area contributed by atoms with Gasteiger partial charge in [0.05, 0.1) is 6.42 Å². The average Bonchev–Trinajstić information content (AvgIpc) is 2.48. The van der Waals surface area contributed by atoms with Gasteiger partial charge in [-0.25, -0.2) is 0 Å². The largest absolute Gasteiger partial charge is 0.462 e. The molecule has 20 heavy (non-hydrogen) atoms. The van der Waals surface area contributed by atoms with Crippen molar-refractivity contribution in [2.75, 3.05) is 0 Å². The highest BCUT2D eigenvalue weighted by molar-refractivity contribution is 5.70. The van der Waals surface area contributed by atoms with E-state index in [1.807, 2.05) is 30.3 Å². The van der Waals surface area contributed by atoms with Gasteiger partial charge in [-0.15, -0.1) is 0 Å². The molecule has 0 saturated heterocycles. The van der Waals surface area contributed by atoms with Crippen LogP contribution in [0.4, 0.5) is 0 Å². The second-order valence-corrected chi connectivity index (χ2v) is 5.70. The van der Waals surface area contributed by atoms with Crippen molar-refractivity contribution in [3.8, 4) is 0 Å². The van der Waals surface area contributed by atoms with Crippen LogP contribution in [-0.2, 0) is 9.53 Å². The first kappa shape index (κ1) is 15.0. The molecule has 1 aromatic rings. The Kier molecular flexibility index (Phi) is 5.60. The molecule has 0 aromatic heterocycles. The van der Waals surface area contributed by atoms with E-state index in [0.29, 0.717) is 5.92 Å². The third-order valence-electron chi connectivity index (χ3n) is 4.26. The zero-order valence-electron chi connectivity index (χ0n) is 12.3. The lowest BCUT2D eigenvalue weighted by atomic mass is 9.85. The number of carbonyl (C=O) groups excluding carboxylic acids is 1. The van der Waals surface area contributed by atoms with Gasteiger partial charge in [0.15, 0.2) is 0 Å². The summed E-state index contributed by atoms with van der Waals surface area (Å²) >= 11 is 0. The van der Waals surface area contributed by atoms with Crippen molar-refractivity contribution >= 4 is 5.97 Å². The van der Waals surface area contributed by atoms with Gasteiger partial charge in [0.25, 0.3) is 0 Å². The summed E-state index contributed by atoms with van der Waals surface area (Å²) in [4.78, 5) is 12.1. The Labute approximate surface area is 121 Å². The number of hydrogen-bond donors (Lipinski definition) is 1. The van der Waals surface area contributed by atoms with E-state index in [9.17, 15) is 4.79 Å². The molecule has 1 saturated carbocycles. The van der Waals surface area contributed by atoms with E-state index < -0.39 is 0 Å². The molecule has 3 atom stereocenters. The van der Waals surface area contributed by atoms with Gasteiger partial charge in [-0.05, 0) is 37.2 Å². The first-order valence-electron chi connectivity index (χ1n) is 7.70. The van der Waals surface area contributed by atoms with Crippen LogP contribution in [0.3, 0.4) is 0 Å². The molecule has 3 unspecified atom stereocenters. The molecular weight excluding hydrogens is 250 g/mol. The van der Waals surface area contributed by atoms with Crippen LogP contribution in [0.2, 0.25) is 0 Å². The lowest BCUT2D eigenvalue weighted by molar-refractivity contribution is -0.154. The normalized spacial score (nSPS) is 24.1. The molecule has 3 nitrogen and oxygen atoms in total. The maximum absolute atomic E-state index is 12.1. The third kappa shape index (κ3) is 4.07. The molecule has 0 radical (unpaired) electrons. The van der Waals surface area contributed by atoms with Gasteiger partial charge < -0.3 is 10.5 Å². The fourth-order valence-electron chi connectivity index (χ4n) is 3.01. The van der Waals surface area contributed by atoms with Crippen LogP contribution in [0.5, 0.6) is 0 Å². The van der Waals surface area contributed by atoms with Crippen LogP contribution >= 0.6 is 0 Å². The van der Waals surface area contributed by atoms with Gasteiger partial charge in [0, 0.05) is 6.04 Å². The van der Waals surface area contributed by atoms with Crippen molar-refractivity contribution in [2.24, 2.45) is 11.7 Å². The maximum Gasteiger partial charge on any atom is 0.307 e. The Balaban J connectivity index is 1.85. The molecule has 3 heteroatoms. The minimum Gasteiger partial charge on any atom is -0.462 e. The zero-order valence-corrected chi connectivity index (χ0v) is 12.3. The molecule has 110 valence electrons. The minimum absolute atomic E-state index is 0.101. The summed E-state index contributed by atoms with van der Waals surface area (Å²) in [7, 11) is 0. The lowest BCUT2D eigenvalue weighted by Crippen LogP contribution is -2.30. The molecule has 0 spiro atoms. The Morgan fingerprint density at radius 1 is 1.30 bits per heavy atom. The Morgan fingerprint density at radius 2 is 2.00 bits per heavy atom. The van der Waals surface area contributed by atoms with Crippen LogP contribution in [0.15, 0.2) is 30.3 Å². The topological polar surface area (TPSA) is 52.3 Å². The lowest BCUT2D eigenvalue weighted by Gasteiger charge is -2.30. The van der Waals surface area contributed by atoms with E-state index in [0.717, 1.165) is 18.4 Å². The molecular formula is C17H25NO2. The summed E-state index contributed by atoms with van der Waals surface area (Å²) in [5.41, 5.74) is 7.05. The van der Waals surface area contributed by atoms with Crippen molar-refractivity contribution in [3.05, 3.63) is 35.9 Å². The Bertz CT molecular complexity index is 418. The number of esters is 1. The quantitative estimate of drug-likeness (QED) is 0.835. The van der Waals surface area contributed by atoms with Crippen LogP contribution in [0.1, 0.15) is 57.1 Å². The molecule has 2 rings (SSSR count). The third-order valence-corrected chi connectivity index (χ3v) is 4.26. The zero-order chi connectivity index (χ0) is 14.4. The number of carbonyl (C=O) groups is 1. The van der Waals surface area contributed by atoms with Crippen molar-refractivity contribution in [1.29, 1.82) is 0 Å². The van der Waals surface area contributed by atoms with Gasteiger partial charge in [0.2, 0.25) is 0 Å². The molecule has 2 N–H and O–H groups in total. The highest BCUT2D eigenvalue weighted by atomic mass is 16.5. The summed E-state index contributed by atoms with van der Waals surface area (Å²) in [6.07, 6.45) is 6.06. The second kappa shape index (κ2) is 7.44. The summed E-state index contributed by atoms with van der Waals surface area (Å²) in [6.45, 7) is 2.17. The van der Waals surface area contributed by atoms with E-state index >= 15 is 0 Å². The van der Waals surface area contributed by atoms with Gasteiger partial charge in [0.1, 0.15) is 6.10 Å². The van der Waals surface area contributed by atoms with E-state index in [2.05, 4.69) is 6.92 Å². The number of hydrogen-bond acceptors (Lipinski definition) is 3. The van der Waals surface area contributed by atoms with E-state index in [1.165, 1.54) is 19.3 Å². The maximum atomic E-state index is 12.1. The second-order valence-electron chi connectivity index (χ2n) is 5.70. The van der Waals surface area contributed by atoms with Gasteiger partial charge >= 0.3 is 5.97 Å². The Hall–Kier alpha value is -1.35. The van der Waals surface area contributed by atoms with Crippen LogP contribution in [0, 0.1) is 5.92 Å². The van der Waals surface area contributed by atoms with Crippen molar-refractivity contribution < 1.29 is 9.53 Å². The highest BCUT2D eigenvalue weighted by Gasteiger charge is 2.27. The van der Waals surface area contributed by atoms with Crippen molar-refractivity contribution in [2.45, 2.75) is 57.6 Å². The predicted octanol–water partition coefficient (Wildman–Crippen LogP) is 3.59. The molecule has 0 aliphatic heterocycles. The number of benzene rings is 1. The predicted molar refractivity (Wildman–Crippen MR) is 80.1 cm³/mol. The fourth-order valence-corrected chi connectivity index (χ4v) is 3.01. The standard InChI is InChI=1S/C17H25NO2/c1-2-13-8-6-7-11-16(13)20-17(19)12-15(18)14-9-4-3-5-10-14/h3-5,9-10,13,15-16H,2,6-8,11-12,18H2,1H3. The number of rotatable bonds is 5. The van der Waals surface area contributed by atoms with E-state index in [4.69, 9.17) is 10.5 Å². The SMILES string of the molecule is CCC1CCCCC1OC(=O)CC(N)c1ccccc1. The van der Waals surface area contributed by atoms with E-state index in [1.54, 1.807) is 0 Å². The molecule has 0 bridgehead atoms. The number of nitrogens with two attached hydrogens (primary N) is 1. The van der Waals surface area contributed by atoms with Crippen LogP contribution < -0.4 is 5.73 Å². The first-order chi connectivity index (χ1) is 9.70. The summed E-state index contributed by atoms with van der Waals surface area (Å²) < 4.78 is 5.67. The average molecular weight is 275 g/mol. The van der Waals surface area contributed by atoms with Gasteiger partial charge in [-0.3, -0.25) is 4.79 Å². The van der Waals surface area contributed by atoms with Crippen LogP contribution in [-0.4, -0.2) is 12.1 Å². The number of ether oxygens (including phenoxy) is 1. The Morgan fingerprint density at radius 3 is 2.70 bits per heavy atom. The van der Waals surface area contributed by atoms with Crippen LogP contribution in [0.25, 0.3) is 0 Å². The monoisotopic (exact) mass is 275 g/mol. The molecule has 1 aliphatic carbocycles. The van der Waals surface area contributed by atoms with Gasteiger partial charge in [-0.1, -0.05) is 43.7 Å². The molecule has 0 heterocycles. The van der Waals surface area contributed by atoms with Crippen molar-refractivity contribution in [1.82, 2.24) is 0 Å². The van der Waals surface area contributed by atoms with Crippen molar-refractivity contribution in [3.63, 3.8) is 0 Å². The summed E-state index contributed by atoms with van der Waals surface area (Å²) in [6, 6.07) is 9.46. The molecule has 1 aliphatic rings. The minimum atomic E-state index is -0.271. The smallest absolute Gasteiger partial charge is 0.307 e. The van der Waals surface area contributed by atoms with Gasteiger partial charge in [-0.2, -0.15) is 0 Å². The highest BCUT2D eigenvalue weighted by Crippen LogP contribution is 2.29. The molecule has 1 aromatic carbocycles. The first-order valence-corrected chi connectivity index (χ1v) is 7.70. The summed E-state index contributed by atoms with van der Waals surface area (Å²) in [5.74, 6) is 0.368. The summed E-state index contributed by atoms with van der Waals surface area (Å²) in [5, 5.41) is 0. The van der Waals surface area contributed by atoms with E-state index in [-0.39, 0.29) is 24.5 Å². The molecule has 1 fully saturated rings.